The second kappa shape index (κ2) is 8.61. The molecule has 2 aromatic carbocycles. The number of benzene rings is 2. The van der Waals surface area contributed by atoms with Crippen LogP contribution >= 0.6 is 12.2 Å². The van der Waals surface area contributed by atoms with E-state index in [0.717, 1.165) is 25.9 Å². The second-order valence-electron chi connectivity index (χ2n) is 6.19. The Morgan fingerprint density at radius 3 is 2.43 bits per heavy atom. The number of rotatable bonds is 4. The summed E-state index contributed by atoms with van der Waals surface area (Å²) in [6, 6.07) is 9.77. The van der Waals surface area contributed by atoms with Crippen LogP contribution in [0.5, 0.6) is 0 Å². The first kappa shape index (κ1) is 19.5. The van der Waals surface area contributed by atoms with Crippen LogP contribution in [0.4, 0.5) is 21.5 Å². The molecule has 8 nitrogen and oxygen atoms in total. The first-order chi connectivity index (χ1) is 13.4. The van der Waals surface area contributed by atoms with Crippen LogP contribution in [0, 0.1) is 15.9 Å². The number of thiocarbonyl (C=S) groups is 1. The van der Waals surface area contributed by atoms with Gasteiger partial charge in [-0.2, -0.15) is 0 Å². The fourth-order valence-corrected chi connectivity index (χ4v) is 3.10. The number of hydrogen-bond donors (Lipinski definition) is 3. The lowest BCUT2D eigenvalue weighted by Crippen LogP contribution is -2.44. The molecule has 1 aliphatic rings. The molecular formula is C18H18FN5O3S. The van der Waals surface area contributed by atoms with Crippen molar-refractivity contribution in [2.45, 2.75) is 12.8 Å². The molecule has 1 heterocycles. The lowest BCUT2D eigenvalue weighted by Gasteiger charge is -2.21. The van der Waals surface area contributed by atoms with E-state index in [1.54, 1.807) is 6.07 Å². The van der Waals surface area contributed by atoms with Gasteiger partial charge in [0.15, 0.2) is 5.11 Å². The zero-order valence-corrected chi connectivity index (χ0v) is 15.6. The Kier molecular flexibility index (Phi) is 5.99. The Morgan fingerprint density at radius 1 is 1.11 bits per heavy atom. The van der Waals surface area contributed by atoms with Crippen LogP contribution in [0.1, 0.15) is 23.2 Å². The van der Waals surface area contributed by atoms with Gasteiger partial charge in [-0.1, -0.05) is 0 Å². The van der Waals surface area contributed by atoms with Gasteiger partial charge in [0.2, 0.25) is 0 Å². The van der Waals surface area contributed by atoms with Crippen LogP contribution in [0.3, 0.4) is 0 Å². The molecule has 0 aromatic heterocycles. The summed E-state index contributed by atoms with van der Waals surface area (Å²) in [6.45, 7) is 1.58. The second-order valence-corrected chi connectivity index (χ2v) is 6.60. The van der Waals surface area contributed by atoms with Crippen LogP contribution < -0.4 is 21.1 Å². The first-order valence-corrected chi connectivity index (χ1v) is 9.01. The van der Waals surface area contributed by atoms with Crippen molar-refractivity contribution in [3.8, 4) is 0 Å². The Hall–Kier alpha value is -3.27. The van der Waals surface area contributed by atoms with Gasteiger partial charge in [-0.15, -0.1) is 0 Å². The summed E-state index contributed by atoms with van der Waals surface area (Å²) < 4.78 is 12.9. The van der Waals surface area contributed by atoms with E-state index in [1.165, 1.54) is 36.4 Å². The molecule has 3 rings (SSSR count). The van der Waals surface area contributed by atoms with E-state index in [4.69, 9.17) is 12.2 Å². The number of carbonyl (C=O) groups is 1. The molecule has 1 fully saturated rings. The Labute approximate surface area is 165 Å². The number of nitro benzene ring substituents is 1. The maximum Gasteiger partial charge on any atom is 0.272 e. The van der Waals surface area contributed by atoms with Crippen LogP contribution in [0.15, 0.2) is 42.5 Å². The van der Waals surface area contributed by atoms with Crippen LogP contribution in [-0.4, -0.2) is 29.0 Å². The SMILES string of the molecule is O=C(NNC(=S)Nc1ccc(F)cc1)c1cc([N+](=O)[O-])ccc1N1CCCC1. The molecule has 1 aliphatic heterocycles. The topological polar surface area (TPSA) is 99.5 Å². The van der Waals surface area contributed by atoms with Gasteiger partial charge < -0.3 is 10.2 Å². The van der Waals surface area contributed by atoms with E-state index in [9.17, 15) is 19.3 Å². The van der Waals surface area contributed by atoms with Gasteiger partial charge in [0, 0.05) is 30.9 Å². The van der Waals surface area contributed by atoms with E-state index in [2.05, 4.69) is 16.2 Å². The minimum absolute atomic E-state index is 0.0908. The predicted octanol–water partition coefficient (Wildman–Crippen LogP) is 2.97. The molecule has 146 valence electrons. The van der Waals surface area contributed by atoms with Crippen molar-refractivity contribution < 1.29 is 14.1 Å². The summed E-state index contributed by atoms with van der Waals surface area (Å²) in [7, 11) is 0. The summed E-state index contributed by atoms with van der Waals surface area (Å²) in [5.41, 5.74) is 6.20. The van der Waals surface area contributed by atoms with E-state index in [-0.39, 0.29) is 22.2 Å². The van der Waals surface area contributed by atoms with Crippen molar-refractivity contribution in [2.75, 3.05) is 23.3 Å². The van der Waals surface area contributed by atoms with E-state index < -0.39 is 10.8 Å². The van der Waals surface area contributed by atoms with Gasteiger partial charge in [0.25, 0.3) is 11.6 Å². The third kappa shape index (κ3) is 4.71. The van der Waals surface area contributed by atoms with Gasteiger partial charge in [0.05, 0.1) is 16.2 Å². The number of anilines is 2. The van der Waals surface area contributed by atoms with Crippen molar-refractivity contribution in [3.63, 3.8) is 0 Å². The van der Waals surface area contributed by atoms with E-state index in [1.807, 2.05) is 4.90 Å². The molecule has 28 heavy (non-hydrogen) atoms. The molecular weight excluding hydrogens is 385 g/mol. The van der Waals surface area contributed by atoms with Gasteiger partial charge in [0.1, 0.15) is 5.82 Å². The average molecular weight is 403 g/mol. The maximum atomic E-state index is 12.9. The summed E-state index contributed by atoms with van der Waals surface area (Å²) >= 11 is 5.10. The molecule has 2 aromatic rings. The summed E-state index contributed by atoms with van der Waals surface area (Å²) in [4.78, 5) is 25.2. The molecule has 0 saturated carbocycles. The highest BCUT2D eigenvalue weighted by atomic mass is 32.1. The highest BCUT2D eigenvalue weighted by Gasteiger charge is 2.22. The van der Waals surface area contributed by atoms with Crippen molar-refractivity contribution in [1.29, 1.82) is 0 Å². The number of hydrogen-bond acceptors (Lipinski definition) is 5. The molecule has 1 amide bonds. The minimum Gasteiger partial charge on any atom is -0.371 e. The van der Waals surface area contributed by atoms with Gasteiger partial charge >= 0.3 is 0 Å². The number of nitrogens with zero attached hydrogens (tertiary/aromatic N) is 2. The monoisotopic (exact) mass is 403 g/mol. The van der Waals surface area contributed by atoms with Crippen molar-refractivity contribution >= 4 is 40.3 Å². The quantitative estimate of drug-likeness (QED) is 0.410. The minimum atomic E-state index is -0.547. The molecule has 0 spiro atoms. The van der Waals surface area contributed by atoms with Gasteiger partial charge in [-0.05, 0) is 55.4 Å². The van der Waals surface area contributed by atoms with Crippen molar-refractivity contribution in [2.24, 2.45) is 0 Å². The molecule has 0 aliphatic carbocycles. The van der Waals surface area contributed by atoms with E-state index in [0.29, 0.717) is 11.4 Å². The highest BCUT2D eigenvalue weighted by Crippen LogP contribution is 2.28. The number of non-ortho nitro benzene ring substituents is 1. The standard InChI is InChI=1S/C18H18FN5O3S/c19-12-3-5-13(6-4-12)20-18(28)22-21-17(25)15-11-14(24(26)27)7-8-16(15)23-9-1-2-10-23/h3-8,11H,1-2,9-10H2,(H,21,25)(H2,20,22,28). The summed E-state index contributed by atoms with van der Waals surface area (Å²) in [5, 5.41) is 14.0. The maximum absolute atomic E-state index is 12.9. The smallest absolute Gasteiger partial charge is 0.272 e. The molecule has 0 unspecified atom stereocenters. The molecule has 1 saturated heterocycles. The highest BCUT2D eigenvalue weighted by molar-refractivity contribution is 7.80. The normalized spacial score (nSPS) is 13.1. The zero-order valence-electron chi connectivity index (χ0n) is 14.8. The predicted molar refractivity (Wildman–Crippen MR) is 108 cm³/mol. The van der Waals surface area contributed by atoms with E-state index >= 15 is 0 Å². The summed E-state index contributed by atoms with van der Waals surface area (Å²) in [5.74, 6) is -0.924. The fourth-order valence-electron chi connectivity index (χ4n) is 2.93. The molecule has 0 bridgehead atoms. The number of halogens is 1. The van der Waals surface area contributed by atoms with Gasteiger partial charge in [-0.3, -0.25) is 25.8 Å². The number of nitro groups is 1. The molecule has 0 radical (unpaired) electrons. The lowest BCUT2D eigenvalue weighted by molar-refractivity contribution is -0.384. The van der Waals surface area contributed by atoms with Crippen LogP contribution in [0.2, 0.25) is 0 Å². The third-order valence-electron chi connectivity index (χ3n) is 4.27. The average Bonchev–Trinajstić information content (AvgIpc) is 3.22. The fraction of sp³-hybridized carbons (Fsp3) is 0.222. The number of hydrazine groups is 1. The van der Waals surface area contributed by atoms with Crippen LogP contribution in [0.25, 0.3) is 0 Å². The lowest BCUT2D eigenvalue weighted by atomic mass is 10.1. The molecule has 0 atom stereocenters. The van der Waals surface area contributed by atoms with Crippen molar-refractivity contribution in [1.82, 2.24) is 10.9 Å². The summed E-state index contributed by atoms with van der Waals surface area (Å²) in [6.07, 6.45) is 2.00. The number of nitrogens with one attached hydrogen (secondary N) is 3. The van der Waals surface area contributed by atoms with Crippen molar-refractivity contribution in [3.05, 3.63) is 64.0 Å². The number of carbonyl (C=O) groups excluding carboxylic acids is 1. The first-order valence-electron chi connectivity index (χ1n) is 8.60. The third-order valence-corrected chi connectivity index (χ3v) is 4.48. The molecule has 10 heteroatoms. The molecule has 3 N–H and O–H groups in total. The Morgan fingerprint density at radius 2 is 1.79 bits per heavy atom. The zero-order chi connectivity index (χ0) is 20.1. The Balaban J connectivity index is 1.69. The van der Waals surface area contributed by atoms with Gasteiger partial charge in [-0.25, -0.2) is 4.39 Å². The number of amides is 1. The van der Waals surface area contributed by atoms with Crippen LogP contribution in [-0.2, 0) is 0 Å². The largest absolute Gasteiger partial charge is 0.371 e. The Bertz CT molecular complexity index is 901.